The van der Waals surface area contributed by atoms with Crippen molar-refractivity contribution in [2.75, 3.05) is 36.9 Å². The molecule has 3 rings (SSSR count). The molecule has 1 aliphatic rings. The number of amides is 1. The Labute approximate surface area is 191 Å². The number of hydrogen-bond donors (Lipinski definition) is 1. The molecule has 1 unspecified atom stereocenters. The lowest BCUT2D eigenvalue weighted by atomic mass is 10.1. The number of rotatable bonds is 8. The molecule has 1 aliphatic heterocycles. The van der Waals surface area contributed by atoms with Gasteiger partial charge in [-0.1, -0.05) is 30.3 Å². The van der Waals surface area contributed by atoms with E-state index in [1.165, 1.54) is 9.87 Å². The van der Waals surface area contributed by atoms with Crippen molar-refractivity contribution in [2.45, 2.75) is 39.9 Å². The fourth-order valence-electron chi connectivity index (χ4n) is 4.08. The van der Waals surface area contributed by atoms with E-state index in [4.69, 9.17) is 4.74 Å². The Morgan fingerprint density at radius 2 is 1.72 bits per heavy atom. The van der Waals surface area contributed by atoms with Crippen LogP contribution in [0.5, 0.6) is 0 Å². The van der Waals surface area contributed by atoms with Crippen LogP contribution in [0.2, 0.25) is 0 Å². The maximum atomic E-state index is 12.9. The molecule has 0 aliphatic carbocycles. The maximum Gasteiger partial charge on any atom is 0.243 e. The molecule has 0 spiro atoms. The summed E-state index contributed by atoms with van der Waals surface area (Å²) in [5.41, 5.74) is 4.55. The summed E-state index contributed by atoms with van der Waals surface area (Å²) in [7, 11) is -3.65. The van der Waals surface area contributed by atoms with Gasteiger partial charge >= 0.3 is 0 Å². The second-order valence-electron chi connectivity index (χ2n) is 8.51. The second kappa shape index (κ2) is 10.5. The van der Waals surface area contributed by atoms with Crippen molar-refractivity contribution >= 4 is 21.6 Å². The van der Waals surface area contributed by atoms with Gasteiger partial charge in [0.1, 0.15) is 6.04 Å². The van der Waals surface area contributed by atoms with Gasteiger partial charge in [0.05, 0.1) is 25.2 Å². The van der Waals surface area contributed by atoms with Gasteiger partial charge in [0.25, 0.3) is 0 Å². The van der Waals surface area contributed by atoms with Gasteiger partial charge in [-0.3, -0.25) is 14.0 Å². The van der Waals surface area contributed by atoms with E-state index in [9.17, 15) is 13.2 Å². The number of sulfonamides is 1. The molecule has 1 atom stereocenters. The number of carbonyl (C=O) groups is 1. The molecular formula is C24H33N3O4S. The van der Waals surface area contributed by atoms with E-state index in [1.54, 1.807) is 19.1 Å². The van der Waals surface area contributed by atoms with E-state index < -0.39 is 16.1 Å². The molecule has 0 radical (unpaired) electrons. The quantitative estimate of drug-likeness (QED) is 0.657. The van der Waals surface area contributed by atoms with E-state index in [2.05, 4.69) is 22.3 Å². The highest BCUT2D eigenvalue weighted by molar-refractivity contribution is 7.92. The lowest BCUT2D eigenvalue weighted by Crippen LogP contribution is -2.47. The van der Waals surface area contributed by atoms with Crippen LogP contribution in [0.3, 0.4) is 0 Å². The minimum Gasteiger partial charge on any atom is -0.379 e. The first-order valence-electron chi connectivity index (χ1n) is 10.9. The van der Waals surface area contributed by atoms with Gasteiger partial charge in [0.15, 0.2) is 0 Å². The van der Waals surface area contributed by atoms with E-state index in [0.29, 0.717) is 12.2 Å². The van der Waals surface area contributed by atoms with Crippen LogP contribution in [-0.4, -0.2) is 57.8 Å². The van der Waals surface area contributed by atoms with Gasteiger partial charge in [0.2, 0.25) is 15.9 Å². The minimum atomic E-state index is -3.65. The Morgan fingerprint density at radius 1 is 1.09 bits per heavy atom. The van der Waals surface area contributed by atoms with Crippen molar-refractivity contribution < 1.29 is 17.9 Å². The molecule has 2 aromatic carbocycles. The molecule has 0 aromatic heterocycles. The highest BCUT2D eigenvalue weighted by atomic mass is 32.2. The summed E-state index contributed by atoms with van der Waals surface area (Å²) in [6.45, 7) is 9.95. The zero-order valence-corrected chi connectivity index (χ0v) is 20.1. The Hall–Kier alpha value is -2.42. The highest BCUT2D eigenvalue weighted by Crippen LogP contribution is 2.24. The number of carbonyl (C=O) groups excluding carboxylic acids is 1. The van der Waals surface area contributed by atoms with Crippen LogP contribution < -0.4 is 9.62 Å². The average Bonchev–Trinajstić information content (AvgIpc) is 2.71. The molecule has 174 valence electrons. The van der Waals surface area contributed by atoms with Crippen molar-refractivity contribution in [3.8, 4) is 0 Å². The topological polar surface area (TPSA) is 79.0 Å². The zero-order chi connectivity index (χ0) is 23.3. The summed E-state index contributed by atoms with van der Waals surface area (Å²) in [5, 5.41) is 2.90. The van der Waals surface area contributed by atoms with Crippen LogP contribution in [0.25, 0.3) is 0 Å². The van der Waals surface area contributed by atoms with Crippen LogP contribution in [-0.2, 0) is 32.6 Å². The first-order valence-corrected chi connectivity index (χ1v) is 12.7. The van der Waals surface area contributed by atoms with E-state index in [-0.39, 0.29) is 5.91 Å². The Morgan fingerprint density at radius 3 is 2.34 bits per heavy atom. The third-order valence-electron chi connectivity index (χ3n) is 5.52. The summed E-state index contributed by atoms with van der Waals surface area (Å²) in [5.74, 6) is -0.340. The smallest absolute Gasteiger partial charge is 0.243 e. The summed E-state index contributed by atoms with van der Waals surface area (Å²) < 4.78 is 31.7. The fourth-order valence-corrected chi connectivity index (χ4v) is 5.24. The van der Waals surface area contributed by atoms with Gasteiger partial charge in [0, 0.05) is 26.2 Å². The monoisotopic (exact) mass is 459 g/mol. The Balaban J connectivity index is 1.68. The number of morpholine rings is 1. The molecule has 8 heteroatoms. The van der Waals surface area contributed by atoms with Crippen molar-refractivity contribution in [3.05, 3.63) is 64.7 Å². The number of anilines is 1. The Bertz CT molecular complexity index is 1030. The predicted octanol–water partition coefficient (Wildman–Crippen LogP) is 2.61. The van der Waals surface area contributed by atoms with Crippen LogP contribution in [0.15, 0.2) is 42.5 Å². The first kappa shape index (κ1) is 24.2. The maximum absolute atomic E-state index is 12.9. The van der Waals surface area contributed by atoms with Crippen LogP contribution >= 0.6 is 0 Å². The molecule has 0 saturated carbocycles. The lowest BCUT2D eigenvalue weighted by molar-refractivity contribution is -0.122. The predicted molar refractivity (Wildman–Crippen MR) is 127 cm³/mol. The minimum absolute atomic E-state index is 0.338. The molecule has 1 saturated heterocycles. The normalized spacial score (nSPS) is 15.9. The standard InChI is InChI=1S/C24H33N3O4S/c1-18-12-19(2)14-23(13-18)27(32(4,29)30)20(3)24(28)25-16-21-6-5-7-22(15-21)17-26-8-10-31-11-9-26/h5-7,12-15,20H,8-11,16-17H2,1-4H3,(H,25,28). The summed E-state index contributed by atoms with van der Waals surface area (Å²) in [6.07, 6.45) is 1.13. The van der Waals surface area contributed by atoms with Gasteiger partial charge in [-0.25, -0.2) is 8.42 Å². The van der Waals surface area contributed by atoms with Gasteiger partial charge in [-0.15, -0.1) is 0 Å². The average molecular weight is 460 g/mol. The summed E-state index contributed by atoms with van der Waals surface area (Å²) >= 11 is 0. The van der Waals surface area contributed by atoms with Crippen LogP contribution in [0.1, 0.15) is 29.2 Å². The molecule has 32 heavy (non-hydrogen) atoms. The number of hydrogen-bond acceptors (Lipinski definition) is 5. The number of aryl methyl sites for hydroxylation is 2. The van der Waals surface area contributed by atoms with Gasteiger partial charge in [-0.05, 0) is 55.2 Å². The van der Waals surface area contributed by atoms with E-state index in [0.717, 1.165) is 55.8 Å². The van der Waals surface area contributed by atoms with Crippen molar-refractivity contribution in [2.24, 2.45) is 0 Å². The number of nitrogens with one attached hydrogen (secondary N) is 1. The SMILES string of the molecule is Cc1cc(C)cc(N(C(C)C(=O)NCc2cccc(CN3CCOCC3)c2)S(C)(=O)=O)c1. The summed E-state index contributed by atoms with van der Waals surface area (Å²) in [4.78, 5) is 15.3. The van der Waals surface area contributed by atoms with Crippen LogP contribution in [0.4, 0.5) is 5.69 Å². The molecule has 2 aromatic rings. The molecule has 1 N–H and O–H groups in total. The van der Waals surface area contributed by atoms with Crippen molar-refractivity contribution in [1.82, 2.24) is 10.2 Å². The van der Waals surface area contributed by atoms with Crippen molar-refractivity contribution in [3.63, 3.8) is 0 Å². The molecule has 7 nitrogen and oxygen atoms in total. The van der Waals surface area contributed by atoms with Crippen LogP contribution in [0, 0.1) is 13.8 Å². The van der Waals surface area contributed by atoms with Gasteiger partial charge in [-0.2, -0.15) is 0 Å². The molecular weight excluding hydrogens is 426 g/mol. The number of ether oxygens (including phenoxy) is 1. The fraction of sp³-hybridized carbons (Fsp3) is 0.458. The number of benzene rings is 2. The molecule has 1 heterocycles. The zero-order valence-electron chi connectivity index (χ0n) is 19.3. The second-order valence-corrected chi connectivity index (χ2v) is 10.4. The summed E-state index contributed by atoms with van der Waals surface area (Å²) in [6, 6.07) is 12.8. The van der Waals surface area contributed by atoms with Gasteiger partial charge < -0.3 is 10.1 Å². The molecule has 1 fully saturated rings. The third-order valence-corrected chi connectivity index (χ3v) is 6.76. The highest BCUT2D eigenvalue weighted by Gasteiger charge is 2.29. The van der Waals surface area contributed by atoms with E-state index >= 15 is 0 Å². The molecule has 0 bridgehead atoms. The molecule has 1 amide bonds. The largest absolute Gasteiger partial charge is 0.379 e. The van der Waals surface area contributed by atoms with E-state index in [1.807, 2.05) is 32.0 Å². The number of nitrogens with zero attached hydrogens (tertiary/aromatic N) is 2. The third kappa shape index (κ3) is 6.54. The first-order chi connectivity index (χ1) is 15.1. The lowest BCUT2D eigenvalue weighted by Gasteiger charge is -2.29. The Kier molecular flexibility index (Phi) is 7.92. The van der Waals surface area contributed by atoms with Crippen molar-refractivity contribution in [1.29, 1.82) is 0 Å².